The SMILES string of the molecule is CCCCCCP(=O)(O)CCCCCC.[Co]. The molecule has 101 valence electrons. The van der Waals surface area contributed by atoms with E-state index in [0.717, 1.165) is 25.7 Å². The Morgan fingerprint density at radius 2 is 1.19 bits per heavy atom. The minimum absolute atomic E-state index is 0. The van der Waals surface area contributed by atoms with Gasteiger partial charge in [-0.15, -0.1) is 0 Å². The number of unbranched alkanes of at least 4 members (excludes halogenated alkanes) is 6. The van der Waals surface area contributed by atoms with E-state index in [1.807, 2.05) is 0 Å². The molecule has 0 aromatic carbocycles. The summed E-state index contributed by atoms with van der Waals surface area (Å²) in [6.45, 7) is 4.31. The first kappa shape index (κ1) is 19.0. The molecule has 0 saturated carbocycles. The van der Waals surface area contributed by atoms with Gasteiger partial charge in [-0.2, -0.15) is 0 Å². The van der Waals surface area contributed by atoms with Crippen molar-refractivity contribution in [3.05, 3.63) is 0 Å². The molecule has 0 fully saturated rings. The molecule has 0 aliphatic heterocycles. The molecule has 1 radical (unpaired) electrons. The molecule has 0 aromatic heterocycles. The summed E-state index contributed by atoms with van der Waals surface area (Å²) in [5.74, 6) is 0. The fraction of sp³-hybridized carbons (Fsp3) is 1.00. The van der Waals surface area contributed by atoms with Gasteiger partial charge in [-0.3, -0.25) is 4.57 Å². The average Bonchev–Trinajstić information content (AvgIpc) is 2.20. The molecule has 4 heteroatoms. The Balaban J connectivity index is 0. The molecular formula is C12H27CoO2P. The molecule has 2 nitrogen and oxygen atoms in total. The Bertz CT molecular complexity index is 170. The van der Waals surface area contributed by atoms with Gasteiger partial charge < -0.3 is 4.89 Å². The first-order valence-corrected chi connectivity index (χ1v) is 8.46. The predicted octanol–water partition coefficient (Wildman–Crippen LogP) is 4.41. The molecule has 0 heterocycles. The fourth-order valence-electron chi connectivity index (χ4n) is 1.68. The molecule has 0 bridgehead atoms. The van der Waals surface area contributed by atoms with Gasteiger partial charge in [-0.05, 0) is 12.8 Å². The van der Waals surface area contributed by atoms with E-state index < -0.39 is 7.37 Å². The van der Waals surface area contributed by atoms with Gasteiger partial charge in [0.15, 0.2) is 0 Å². The van der Waals surface area contributed by atoms with Gasteiger partial charge in [-0.25, -0.2) is 0 Å². The maximum atomic E-state index is 11.7. The van der Waals surface area contributed by atoms with Crippen LogP contribution in [-0.4, -0.2) is 17.2 Å². The van der Waals surface area contributed by atoms with Crippen molar-refractivity contribution in [3.8, 4) is 0 Å². The zero-order valence-corrected chi connectivity index (χ0v) is 12.6. The van der Waals surface area contributed by atoms with Crippen LogP contribution in [0.3, 0.4) is 0 Å². The summed E-state index contributed by atoms with van der Waals surface area (Å²) in [6.07, 6.45) is 9.90. The van der Waals surface area contributed by atoms with Crippen LogP contribution in [-0.2, 0) is 21.3 Å². The Morgan fingerprint density at radius 1 is 0.812 bits per heavy atom. The summed E-state index contributed by atoms with van der Waals surface area (Å²) in [5.41, 5.74) is 0. The smallest absolute Gasteiger partial charge is 0.200 e. The predicted molar refractivity (Wildman–Crippen MR) is 67.8 cm³/mol. The van der Waals surface area contributed by atoms with Crippen molar-refractivity contribution in [1.29, 1.82) is 0 Å². The maximum Gasteiger partial charge on any atom is 0.200 e. The van der Waals surface area contributed by atoms with Crippen LogP contribution in [0.15, 0.2) is 0 Å². The largest absolute Gasteiger partial charge is 0.344 e. The van der Waals surface area contributed by atoms with Crippen LogP contribution in [0.25, 0.3) is 0 Å². The second-order valence-corrected chi connectivity index (χ2v) is 7.00. The van der Waals surface area contributed by atoms with Crippen molar-refractivity contribution in [1.82, 2.24) is 0 Å². The minimum atomic E-state index is -2.77. The van der Waals surface area contributed by atoms with Gasteiger partial charge in [0.05, 0.1) is 0 Å². The molecule has 1 N–H and O–H groups in total. The van der Waals surface area contributed by atoms with Crippen LogP contribution in [0.5, 0.6) is 0 Å². The molecule has 0 aliphatic carbocycles. The van der Waals surface area contributed by atoms with E-state index in [2.05, 4.69) is 13.8 Å². The third-order valence-electron chi connectivity index (χ3n) is 2.72. The zero-order valence-electron chi connectivity index (χ0n) is 10.7. The molecule has 0 unspecified atom stereocenters. The maximum absolute atomic E-state index is 11.7. The van der Waals surface area contributed by atoms with Gasteiger partial charge in [0.25, 0.3) is 0 Å². The topological polar surface area (TPSA) is 37.3 Å². The Hall–Kier alpha value is 0.696. The third-order valence-corrected chi connectivity index (χ3v) is 4.75. The van der Waals surface area contributed by atoms with E-state index >= 15 is 0 Å². The summed E-state index contributed by atoms with van der Waals surface area (Å²) < 4.78 is 11.7. The van der Waals surface area contributed by atoms with E-state index in [4.69, 9.17) is 0 Å². The average molecular weight is 293 g/mol. The van der Waals surface area contributed by atoms with E-state index in [1.165, 1.54) is 25.7 Å². The molecule has 0 rings (SSSR count). The van der Waals surface area contributed by atoms with Crippen molar-refractivity contribution in [2.24, 2.45) is 0 Å². The van der Waals surface area contributed by atoms with Crippen LogP contribution in [0.1, 0.15) is 65.2 Å². The zero-order chi connectivity index (χ0) is 11.6. The number of rotatable bonds is 10. The second kappa shape index (κ2) is 12.2. The van der Waals surface area contributed by atoms with Gasteiger partial charge in [0.1, 0.15) is 0 Å². The van der Waals surface area contributed by atoms with Crippen molar-refractivity contribution in [2.75, 3.05) is 12.3 Å². The third kappa shape index (κ3) is 12.8. The van der Waals surface area contributed by atoms with Crippen LogP contribution in [0, 0.1) is 0 Å². The number of hydrogen-bond donors (Lipinski definition) is 1. The summed E-state index contributed by atoms with van der Waals surface area (Å²) in [4.78, 5) is 9.67. The van der Waals surface area contributed by atoms with Crippen molar-refractivity contribution >= 4 is 7.37 Å². The molecule has 0 aliphatic rings. The Labute approximate surface area is 111 Å². The van der Waals surface area contributed by atoms with Gasteiger partial charge in [-0.1, -0.05) is 52.4 Å². The fourth-order valence-corrected chi connectivity index (χ4v) is 3.34. The minimum Gasteiger partial charge on any atom is -0.344 e. The standard InChI is InChI=1S/C12H27O2P.Co/c1-3-5-7-9-11-15(13,14)12-10-8-6-4-2;/h3-12H2,1-2H3,(H,13,14);. The molecule has 0 spiro atoms. The van der Waals surface area contributed by atoms with Crippen LogP contribution in [0.2, 0.25) is 0 Å². The normalized spacial score (nSPS) is 11.2. The van der Waals surface area contributed by atoms with Crippen molar-refractivity contribution < 1.29 is 26.2 Å². The van der Waals surface area contributed by atoms with Crippen LogP contribution in [0.4, 0.5) is 0 Å². The van der Waals surface area contributed by atoms with Crippen molar-refractivity contribution in [2.45, 2.75) is 65.2 Å². The van der Waals surface area contributed by atoms with Crippen molar-refractivity contribution in [3.63, 3.8) is 0 Å². The summed E-state index contributed by atoms with van der Waals surface area (Å²) in [6, 6.07) is 0. The molecule has 0 aromatic rings. The van der Waals surface area contributed by atoms with E-state index in [-0.39, 0.29) is 16.8 Å². The van der Waals surface area contributed by atoms with Crippen LogP contribution < -0.4 is 0 Å². The summed E-state index contributed by atoms with van der Waals surface area (Å²) in [5, 5.41) is 0. The quantitative estimate of drug-likeness (QED) is 0.478. The summed E-state index contributed by atoms with van der Waals surface area (Å²) >= 11 is 0. The van der Waals surface area contributed by atoms with E-state index in [1.54, 1.807) is 0 Å². The van der Waals surface area contributed by atoms with E-state index in [0.29, 0.717) is 12.3 Å². The van der Waals surface area contributed by atoms with Gasteiger partial charge in [0.2, 0.25) is 7.37 Å². The molecule has 16 heavy (non-hydrogen) atoms. The van der Waals surface area contributed by atoms with E-state index in [9.17, 15) is 9.46 Å². The molecule has 0 atom stereocenters. The first-order chi connectivity index (χ1) is 7.12. The molecule has 0 saturated heterocycles. The van der Waals surface area contributed by atoms with Gasteiger partial charge >= 0.3 is 0 Å². The van der Waals surface area contributed by atoms with Gasteiger partial charge in [0, 0.05) is 29.1 Å². The number of hydrogen-bond acceptors (Lipinski definition) is 1. The molecule has 0 amide bonds. The first-order valence-electron chi connectivity index (χ1n) is 6.43. The Kier molecular flexibility index (Phi) is 14.5. The second-order valence-electron chi connectivity index (χ2n) is 4.41. The summed E-state index contributed by atoms with van der Waals surface area (Å²) in [7, 11) is -2.77. The van der Waals surface area contributed by atoms with Crippen LogP contribution >= 0.6 is 7.37 Å². The molecular weight excluding hydrogens is 266 g/mol. The Morgan fingerprint density at radius 3 is 1.50 bits per heavy atom. The monoisotopic (exact) mass is 293 g/mol.